The molecule has 2 rings (SSSR count). The molecule has 1 aliphatic heterocycles. The minimum atomic E-state index is -0.441. The minimum Gasteiger partial charge on any atom is -0.479 e. The molecule has 2 atom stereocenters. The normalized spacial score (nSPS) is 19.5. The van der Waals surface area contributed by atoms with Crippen molar-refractivity contribution < 1.29 is 14.3 Å². The molecule has 5 nitrogen and oxygen atoms in total. The van der Waals surface area contributed by atoms with Gasteiger partial charge in [0.1, 0.15) is 5.75 Å². The second kappa shape index (κ2) is 5.27. The number of amides is 1. The van der Waals surface area contributed by atoms with Crippen molar-refractivity contribution in [2.75, 3.05) is 24.4 Å². The van der Waals surface area contributed by atoms with E-state index in [9.17, 15) is 4.79 Å². The van der Waals surface area contributed by atoms with Crippen molar-refractivity contribution >= 4 is 17.3 Å². The number of hydrogen-bond acceptors (Lipinski definition) is 4. The average molecular weight is 250 g/mol. The molecule has 0 radical (unpaired) electrons. The highest BCUT2D eigenvalue weighted by molar-refractivity contribution is 5.98. The average Bonchev–Trinajstić information content (AvgIpc) is 2.31. The summed E-state index contributed by atoms with van der Waals surface area (Å²) in [6.45, 7) is 4.38. The molecule has 0 bridgehead atoms. The van der Waals surface area contributed by atoms with Gasteiger partial charge in [-0.3, -0.25) is 4.79 Å². The van der Waals surface area contributed by atoms with Gasteiger partial charge < -0.3 is 20.1 Å². The molecule has 0 fully saturated rings. The Bertz CT molecular complexity index is 448. The number of hydrogen-bond donors (Lipinski definition) is 2. The Balaban J connectivity index is 2.12. The maximum absolute atomic E-state index is 11.5. The summed E-state index contributed by atoms with van der Waals surface area (Å²) in [6.07, 6.45) is -0.441. The Morgan fingerprint density at radius 1 is 1.56 bits per heavy atom. The maximum Gasteiger partial charge on any atom is 0.265 e. The number of benzene rings is 1. The lowest BCUT2D eigenvalue weighted by atomic mass is 10.2. The van der Waals surface area contributed by atoms with Crippen LogP contribution in [0, 0.1) is 0 Å². The standard InChI is InChI=1S/C13H18N2O3/c1-8(7-17-3)14-10-4-5-12-11(6-10)15-13(16)9(2)18-12/h4-6,8-9,14H,7H2,1-3H3,(H,15,16). The van der Waals surface area contributed by atoms with E-state index in [1.807, 2.05) is 25.1 Å². The second-order valence-electron chi connectivity index (χ2n) is 4.46. The third-order valence-electron chi connectivity index (χ3n) is 2.74. The highest BCUT2D eigenvalue weighted by Gasteiger charge is 2.23. The Morgan fingerprint density at radius 2 is 2.33 bits per heavy atom. The number of methoxy groups -OCH3 is 1. The Kier molecular flexibility index (Phi) is 3.72. The summed E-state index contributed by atoms with van der Waals surface area (Å²) in [5.41, 5.74) is 1.63. The van der Waals surface area contributed by atoms with Gasteiger partial charge in [0, 0.05) is 18.8 Å². The third-order valence-corrected chi connectivity index (χ3v) is 2.74. The van der Waals surface area contributed by atoms with Gasteiger partial charge in [-0.15, -0.1) is 0 Å². The molecule has 1 amide bonds. The maximum atomic E-state index is 11.5. The number of carbonyl (C=O) groups is 1. The first-order chi connectivity index (χ1) is 8.60. The van der Waals surface area contributed by atoms with Crippen LogP contribution in [0.2, 0.25) is 0 Å². The molecule has 18 heavy (non-hydrogen) atoms. The zero-order valence-electron chi connectivity index (χ0n) is 10.8. The third kappa shape index (κ3) is 2.73. The topological polar surface area (TPSA) is 59.6 Å². The smallest absolute Gasteiger partial charge is 0.265 e. The second-order valence-corrected chi connectivity index (χ2v) is 4.46. The van der Waals surface area contributed by atoms with Gasteiger partial charge in [0.15, 0.2) is 6.10 Å². The summed E-state index contributed by atoms with van der Waals surface area (Å²) in [5.74, 6) is 0.580. The molecular weight excluding hydrogens is 232 g/mol. The van der Waals surface area contributed by atoms with Crippen molar-refractivity contribution in [2.45, 2.75) is 26.0 Å². The molecule has 0 saturated heterocycles. The number of fused-ring (bicyclic) bond motifs is 1. The van der Waals surface area contributed by atoms with Gasteiger partial charge in [-0.1, -0.05) is 0 Å². The fraction of sp³-hybridized carbons (Fsp3) is 0.462. The van der Waals surface area contributed by atoms with Gasteiger partial charge in [0.05, 0.1) is 12.3 Å². The van der Waals surface area contributed by atoms with Crippen LogP contribution in [-0.4, -0.2) is 31.8 Å². The van der Waals surface area contributed by atoms with E-state index in [-0.39, 0.29) is 11.9 Å². The first-order valence-corrected chi connectivity index (χ1v) is 5.97. The van der Waals surface area contributed by atoms with Gasteiger partial charge in [-0.2, -0.15) is 0 Å². The Hall–Kier alpha value is -1.75. The van der Waals surface area contributed by atoms with Gasteiger partial charge in [-0.05, 0) is 32.0 Å². The van der Waals surface area contributed by atoms with E-state index < -0.39 is 6.10 Å². The quantitative estimate of drug-likeness (QED) is 0.856. The molecule has 0 saturated carbocycles. The van der Waals surface area contributed by atoms with Gasteiger partial charge >= 0.3 is 0 Å². The molecule has 0 spiro atoms. The van der Waals surface area contributed by atoms with Crippen molar-refractivity contribution in [1.82, 2.24) is 0 Å². The Labute approximate surface area is 106 Å². The summed E-state index contributed by atoms with van der Waals surface area (Å²) in [5, 5.41) is 6.11. The molecule has 0 aliphatic carbocycles. The van der Waals surface area contributed by atoms with Crippen molar-refractivity contribution in [3.8, 4) is 5.75 Å². The van der Waals surface area contributed by atoms with E-state index in [1.54, 1.807) is 14.0 Å². The number of rotatable bonds is 4. The SMILES string of the molecule is COCC(C)Nc1ccc2c(c1)NC(=O)C(C)O2. The highest BCUT2D eigenvalue weighted by atomic mass is 16.5. The zero-order chi connectivity index (χ0) is 13.1. The predicted octanol–water partition coefficient (Wildman–Crippen LogP) is 1.85. The highest BCUT2D eigenvalue weighted by Crippen LogP contribution is 2.32. The van der Waals surface area contributed by atoms with Gasteiger partial charge in [0.2, 0.25) is 0 Å². The summed E-state index contributed by atoms with van der Waals surface area (Å²) in [6, 6.07) is 5.85. The van der Waals surface area contributed by atoms with E-state index >= 15 is 0 Å². The molecule has 1 aromatic rings. The monoisotopic (exact) mass is 250 g/mol. The van der Waals surface area contributed by atoms with Crippen molar-refractivity contribution in [3.05, 3.63) is 18.2 Å². The summed E-state index contributed by atoms with van der Waals surface area (Å²) >= 11 is 0. The fourth-order valence-electron chi connectivity index (χ4n) is 1.87. The van der Waals surface area contributed by atoms with Crippen LogP contribution in [0.1, 0.15) is 13.8 Å². The lowest BCUT2D eigenvalue weighted by molar-refractivity contribution is -0.122. The van der Waals surface area contributed by atoms with E-state index in [1.165, 1.54) is 0 Å². The van der Waals surface area contributed by atoms with Crippen molar-refractivity contribution in [2.24, 2.45) is 0 Å². The lowest BCUT2D eigenvalue weighted by Crippen LogP contribution is -2.34. The van der Waals surface area contributed by atoms with Crippen LogP contribution < -0.4 is 15.4 Å². The lowest BCUT2D eigenvalue weighted by Gasteiger charge is -2.24. The molecular formula is C13H18N2O3. The molecule has 2 unspecified atom stereocenters. The molecule has 0 aromatic heterocycles. The fourth-order valence-corrected chi connectivity index (χ4v) is 1.87. The molecule has 2 N–H and O–H groups in total. The van der Waals surface area contributed by atoms with Gasteiger partial charge in [-0.25, -0.2) is 0 Å². The van der Waals surface area contributed by atoms with Crippen LogP contribution in [-0.2, 0) is 9.53 Å². The van der Waals surface area contributed by atoms with Crippen molar-refractivity contribution in [1.29, 1.82) is 0 Å². The van der Waals surface area contributed by atoms with E-state index in [2.05, 4.69) is 10.6 Å². The van der Waals surface area contributed by atoms with E-state index in [0.29, 0.717) is 18.0 Å². The molecule has 1 aliphatic rings. The van der Waals surface area contributed by atoms with Crippen LogP contribution in [0.25, 0.3) is 0 Å². The first kappa shape index (κ1) is 12.7. The zero-order valence-corrected chi connectivity index (χ0v) is 10.8. The molecule has 5 heteroatoms. The van der Waals surface area contributed by atoms with Gasteiger partial charge in [0.25, 0.3) is 5.91 Å². The predicted molar refractivity (Wildman–Crippen MR) is 70.1 cm³/mol. The summed E-state index contributed by atoms with van der Waals surface area (Å²) in [4.78, 5) is 11.5. The number of nitrogens with one attached hydrogen (secondary N) is 2. The summed E-state index contributed by atoms with van der Waals surface area (Å²) in [7, 11) is 1.67. The first-order valence-electron chi connectivity index (χ1n) is 5.97. The molecule has 1 heterocycles. The number of ether oxygens (including phenoxy) is 2. The van der Waals surface area contributed by atoms with Crippen LogP contribution in [0.4, 0.5) is 11.4 Å². The van der Waals surface area contributed by atoms with Crippen LogP contribution >= 0.6 is 0 Å². The number of carbonyl (C=O) groups excluding carboxylic acids is 1. The van der Waals surface area contributed by atoms with Crippen molar-refractivity contribution in [3.63, 3.8) is 0 Å². The summed E-state index contributed by atoms with van der Waals surface area (Å²) < 4.78 is 10.5. The number of anilines is 2. The van der Waals surface area contributed by atoms with E-state index in [4.69, 9.17) is 9.47 Å². The molecule has 98 valence electrons. The Morgan fingerprint density at radius 3 is 3.06 bits per heavy atom. The van der Waals surface area contributed by atoms with E-state index in [0.717, 1.165) is 5.69 Å². The van der Waals surface area contributed by atoms with Crippen LogP contribution in [0.5, 0.6) is 5.75 Å². The van der Waals surface area contributed by atoms with Crippen LogP contribution in [0.15, 0.2) is 18.2 Å². The van der Waals surface area contributed by atoms with Crippen LogP contribution in [0.3, 0.4) is 0 Å². The largest absolute Gasteiger partial charge is 0.479 e. The molecule has 1 aromatic carbocycles. The minimum absolute atomic E-state index is 0.121.